The fourth-order valence-electron chi connectivity index (χ4n) is 7.32. The minimum atomic E-state index is -0.659. The molecule has 0 saturated heterocycles. The van der Waals surface area contributed by atoms with Gasteiger partial charge in [0.25, 0.3) is 0 Å². The van der Waals surface area contributed by atoms with E-state index in [0.29, 0.717) is 29.6 Å². The van der Waals surface area contributed by atoms with E-state index in [1.807, 2.05) is 0 Å². The van der Waals surface area contributed by atoms with E-state index in [9.17, 15) is 15.3 Å². The molecule has 174 valence electrons. The minimum Gasteiger partial charge on any atom is -0.393 e. The normalized spacial score (nSPS) is 41.8. The Morgan fingerprint density at radius 1 is 1.10 bits per heavy atom. The van der Waals surface area contributed by atoms with E-state index in [1.165, 1.54) is 19.3 Å². The molecule has 0 aromatic rings. The van der Waals surface area contributed by atoms with E-state index in [0.717, 1.165) is 38.5 Å². The molecule has 0 aromatic heterocycles. The van der Waals surface area contributed by atoms with Crippen molar-refractivity contribution >= 4 is 0 Å². The maximum atomic E-state index is 10.8. The lowest BCUT2D eigenvalue weighted by molar-refractivity contribution is -0.183. The topological polar surface area (TPSA) is 60.7 Å². The molecule has 0 aromatic carbocycles. The SMILES string of the molecule is CCC(O)(CC)CCC[C@H](C)[C@@]1(C)CC[C@@H](C=CC2C3C[C@@H](O)C[C@]2(O)C3)C1(C)C. The largest absolute Gasteiger partial charge is 0.393 e. The Morgan fingerprint density at radius 3 is 2.37 bits per heavy atom. The van der Waals surface area contributed by atoms with E-state index in [4.69, 9.17) is 0 Å². The molecule has 3 nitrogen and oxygen atoms in total. The minimum absolute atomic E-state index is 0.218. The van der Waals surface area contributed by atoms with Crippen molar-refractivity contribution in [2.45, 2.75) is 123 Å². The van der Waals surface area contributed by atoms with Gasteiger partial charge in [-0.3, -0.25) is 0 Å². The average Bonchev–Trinajstić information content (AvgIpc) is 2.91. The number of hydrogen-bond donors (Lipinski definition) is 3. The highest BCUT2D eigenvalue weighted by Crippen LogP contribution is 2.61. The average molecular weight is 421 g/mol. The Kier molecular flexibility index (Phi) is 6.89. The van der Waals surface area contributed by atoms with Crippen molar-refractivity contribution in [1.29, 1.82) is 0 Å². The molecule has 2 bridgehead atoms. The number of aliphatic hydroxyl groups is 3. The summed E-state index contributed by atoms with van der Waals surface area (Å²) < 4.78 is 0. The maximum Gasteiger partial charge on any atom is 0.0740 e. The molecule has 3 saturated carbocycles. The van der Waals surface area contributed by atoms with Crippen LogP contribution in [0.5, 0.6) is 0 Å². The highest BCUT2D eigenvalue weighted by atomic mass is 16.3. The highest BCUT2D eigenvalue weighted by Gasteiger charge is 2.57. The smallest absolute Gasteiger partial charge is 0.0740 e. The molecule has 0 heterocycles. The third kappa shape index (κ3) is 4.16. The molecular weight excluding hydrogens is 372 g/mol. The Balaban J connectivity index is 1.60. The molecule has 7 atom stereocenters. The fourth-order valence-corrected chi connectivity index (χ4v) is 7.32. The van der Waals surface area contributed by atoms with Crippen LogP contribution in [0.4, 0.5) is 0 Å². The summed E-state index contributed by atoms with van der Waals surface area (Å²) in [4.78, 5) is 0. The lowest BCUT2D eigenvalue weighted by atomic mass is 9.53. The molecule has 0 radical (unpaired) electrons. The molecule has 3 heteroatoms. The van der Waals surface area contributed by atoms with Crippen molar-refractivity contribution in [3.63, 3.8) is 0 Å². The van der Waals surface area contributed by atoms with E-state index >= 15 is 0 Å². The molecule has 0 spiro atoms. The zero-order valence-corrected chi connectivity index (χ0v) is 20.5. The van der Waals surface area contributed by atoms with Crippen molar-refractivity contribution in [3.05, 3.63) is 12.2 Å². The van der Waals surface area contributed by atoms with Crippen LogP contribution >= 0.6 is 0 Å². The Bertz CT molecular complexity index is 620. The summed E-state index contributed by atoms with van der Waals surface area (Å²) >= 11 is 0. The van der Waals surface area contributed by atoms with Crippen molar-refractivity contribution in [1.82, 2.24) is 0 Å². The third-order valence-corrected chi connectivity index (χ3v) is 10.5. The number of fused-ring (bicyclic) bond motifs is 2. The van der Waals surface area contributed by atoms with Gasteiger partial charge in [-0.15, -0.1) is 0 Å². The monoisotopic (exact) mass is 420 g/mol. The summed E-state index contributed by atoms with van der Waals surface area (Å²) in [6.45, 7) is 14.0. The molecule has 0 amide bonds. The fraction of sp³-hybridized carbons (Fsp3) is 0.926. The quantitative estimate of drug-likeness (QED) is 0.409. The maximum absolute atomic E-state index is 10.8. The van der Waals surface area contributed by atoms with Crippen LogP contribution in [0.25, 0.3) is 0 Å². The lowest BCUT2D eigenvalue weighted by Gasteiger charge is -2.56. The van der Waals surface area contributed by atoms with Crippen molar-refractivity contribution in [3.8, 4) is 0 Å². The molecule has 3 N–H and O–H groups in total. The summed E-state index contributed by atoms with van der Waals surface area (Å²) in [5.41, 5.74) is -0.629. The van der Waals surface area contributed by atoms with Crippen molar-refractivity contribution in [2.24, 2.45) is 34.5 Å². The Morgan fingerprint density at radius 2 is 1.77 bits per heavy atom. The first-order valence-corrected chi connectivity index (χ1v) is 12.7. The first-order chi connectivity index (χ1) is 13.9. The second-order valence-corrected chi connectivity index (χ2v) is 12.1. The van der Waals surface area contributed by atoms with Gasteiger partial charge in [0.15, 0.2) is 0 Å². The van der Waals surface area contributed by atoms with Gasteiger partial charge in [-0.2, -0.15) is 0 Å². The third-order valence-electron chi connectivity index (χ3n) is 10.5. The van der Waals surface area contributed by atoms with Crippen LogP contribution in [-0.2, 0) is 0 Å². The van der Waals surface area contributed by atoms with Gasteiger partial charge >= 0.3 is 0 Å². The first kappa shape index (κ1) is 24.3. The molecule has 3 aliphatic rings. The van der Waals surface area contributed by atoms with Gasteiger partial charge in [0.2, 0.25) is 0 Å². The standard InChI is InChI=1S/C27H48O3/c1-7-26(29,8-2)14-9-10-19(3)25(6)15-13-21(24(25,4)5)11-12-23-20-16-22(28)18-27(23,30)17-20/h11-12,19-23,28-30H,7-10,13-18H2,1-6H3/t19-,20?,21+,22+,23?,25+,27+/m0/s1. The van der Waals surface area contributed by atoms with Crippen LogP contribution < -0.4 is 0 Å². The predicted octanol–water partition coefficient (Wildman–Crippen LogP) is 5.86. The molecular formula is C27H48O3. The second kappa shape index (κ2) is 8.52. The van der Waals surface area contributed by atoms with Crippen LogP contribution in [0, 0.1) is 34.5 Å². The number of hydrogen-bond acceptors (Lipinski definition) is 3. The predicted molar refractivity (Wildman–Crippen MR) is 124 cm³/mol. The number of allylic oxidation sites excluding steroid dienone is 1. The first-order valence-electron chi connectivity index (χ1n) is 12.7. The van der Waals surface area contributed by atoms with Crippen LogP contribution in [0.1, 0.15) is 106 Å². The Labute approximate surface area is 185 Å². The van der Waals surface area contributed by atoms with Crippen LogP contribution in [-0.4, -0.2) is 32.6 Å². The van der Waals surface area contributed by atoms with Gasteiger partial charge in [-0.05, 0) is 73.5 Å². The molecule has 3 aliphatic carbocycles. The second-order valence-electron chi connectivity index (χ2n) is 12.1. The van der Waals surface area contributed by atoms with E-state index in [-0.39, 0.29) is 17.4 Å². The van der Waals surface area contributed by atoms with Crippen molar-refractivity contribution < 1.29 is 15.3 Å². The number of aliphatic hydroxyl groups excluding tert-OH is 1. The van der Waals surface area contributed by atoms with Crippen molar-refractivity contribution in [2.75, 3.05) is 0 Å². The van der Waals surface area contributed by atoms with Gasteiger partial charge in [0.05, 0.1) is 17.3 Å². The summed E-state index contributed by atoms with van der Waals surface area (Å²) in [5.74, 6) is 1.87. The van der Waals surface area contributed by atoms with E-state index in [1.54, 1.807) is 0 Å². The summed E-state index contributed by atoms with van der Waals surface area (Å²) in [6, 6.07) is 0. The lowest BCUT2D eigenvalue weighted by Crippen LogP contribution is -2.59. The highest BCUT2D eigenvalue weighted by molar-refractivity contribution is 5.18. The van der Waals surface area contributed by atoms with Gasteiger partial charge in [0.1, 0.15) is 0 Å². The molecule has 2 unspecified atom stereocenters. The molecule has 0 aliphatic heterocycles. The van der Waals surface area contributed by atoms with Gasteiger partial charge in [-0.1, -0.05) is 66.5 Å². The summed E-state index contributed by atoms with van der Waals surface area (Å²) in [7, 11) is 0. The van der Waals surface area contributed by atoms with Crippen LogP contribution in [0.15, 0.2) is 12.2 Å². The molecule has 3 rings (SSSR count). The van der Waals surface area contributed by atoms with Crippen LogP contribution in [0.2, 0.25) is 0 Å². The molecule has 30 heavy (non-hydrogen) atoms. The molecule has 3 fully saturated rings. The van der Waals surface area contributed by atoms with E-state index in [2.05, 4.69) is 53.7 Å². The van der Waals surface area contributed by atoms with Gasteiger partial charge in [0, 0.05) is 12.3 Å². The van der Waals surface area contributed by atoms with Gasteiger partial charge in [-0.25, -0.2) is 0 Å². The number of rotatable bonds is 9. The van der Waals surface area contributed by atoms with E-state index < -0.39 is 11.2 Å². The van der Waals surface area contributed by atoms with Gasteiger partial charge < -0.3 is 15.3 Å². The zero-order chi connectivity index (χ0) is 22.4. The summed E-state index contributed by atoms with van der Waals surface area (Å²) in [6.07, 6.45) is 14.0. The van der Waals surface area contributed by atoms with Crippen LogP contribution in [0.3, 0.4) is 0 Å². The summed E-state index contributed by atoms with van der Waals surface area (Å²) in [5, 5.41) is 31.4. The zero-order valence-electron chi connectivity index (χ0n) is 20.5. The Hall–Kier alpha value is -0.380.